The Hall–Kier alpha value is -6.02. The van der Waals surface area contributed by atoms with Gasteiger partial charge in [-0.2, -0.15) is 0 Å². The van der Waals surface area contributed by atoms with Crippen LogP contribution in [-0.2, 0) is 0 Å². The maximum absolute atomic E-state index is 6.00. The van der Waals surface area contributed by atoms with Crippen molar-refractivity contribution in [2.24, 2.45) is 0 Å². The molecule has 0 spiro atoms. The molecule has 0 bridgehead atoms. The van der Waals surface area contributed by atoms with Crippen LogP contribution in [0.3, 0.4) is 0 Å². The summed E-state index contributed by atoms with van der Waals surface area (Å²) >= 11 is 0. The molecule has 59 heavy (non-hydrogen) atoms. The van der Waals surface area contributed by atoms with Crippen LogP contribution in [0.5, 0.6) is 23.0 Å². The zero-order valence-corrected chi connectivity index (χ0v) is 35.4. The second kappa shape index (κ2) is 21.7. The molecule has 0 amide bonds. The Balaban J connectivity index is 1.17. The van der Waals surface area contributed by atoms with Gasteiger partial charge in [-0.3, -0.25) is 0 Å². The van der Waals surface area contributed by atoms with Gasteiger partial charge >= 0.3 is 7.69 Å². The molecule has 301 valence electrons. The van der Waals surface area contributed by atoms with Crippen molar-refractivity contribution < 1.29 is 18.8 Å². The third-order valence-electron chi connectivity index (χ3n) is 10.1. The highest BCUT2D eigenvalue weighted by atomic mass is 16.6. The largest absolute Gasteiger partial charge is 0.658 e. The monoisotopic (exact) mass is 783 g/mol. The minimum absolute atomic E-state index is 0.642. The average Bonchev–Trinajstić information content (AvgIpc) is 3.26. The van der Waals surface area contributed by atoms with Gasteiger partial charge in [-0.15, -0.1) is 0 Å². The number of likely N-dealkylation sites (N-methyl/N-ethyl adjacent to an activating group) is 2. The van der Waals surface area contributed by atoms with Gasteiger partial charge in [-0.05, 0) is 145 Å². The Labute approximate surface area is 352 Å². The highest BCUT2D eigenvalue weighted by molar-refractivity contribution is 6.20. The van der Waals surface area contributed by atoms with E-state index in [0.717, 1.165) is 59.7 Å². The Morgan fingerprint density at radius 1 is 0.390 bits per heavy atom. The zero-order valence-electron chi connectivity index (χ0n) is 35.4. The number of nitrogens with zero attached hydrogens (tertiary/aromatic N) is 2. The van der Waals surface area contributed by atoms with Crippen LogP contribution in [0.15, 0.2) is 158 Å². The first-order valence-electron chi connectivity index (χ1n) is 20.5. The summed E-state index contributed by atoms with van der Waals surface area (Å²) in [7, 11) is 9.59. The first-order chi connectivity index (χ1) is 28.8. The van der Waals surface area contributed by atoms with Crippen molar-refractivity contribution in [3.05, 3.63) is 191 Å². The lowest BCUT2D eigenvalue weighted by atomic mass is 9.88. The normalized spacial score (nSPS) is 12.1. The topological polar surface area (TPSA) is 43.4 Å². The van der Waals surface area contributed by atoms with E-state index in [1.807, 2.05) is 52.5 Å². The molecular weight excluding hydrogens is 727 g/mol. The Bertz CT molecular complexity index is 2070. The number of hydrogen-bond acceptors (Lipinski definition) is 6. The van der Waals surface area contributed by atoms with E-state index in [9.17, 15) is 0 Å². The number of ether oxygens (including phenoxy) is 2. The molecule has 7 heteroatoms. The minimum atomic E-state index is 0.642. The van der Waals surface area contributed by atoms with Crippen LogP contribution in [0.1, 0.15) is 60.1 Å². The molecule has 0 aliphatic heterocycles. The predicted octanol–water partition coefficient (Wildman–Crippen LogP) is 11.3. The van der Waals surface area contributed by atoms with Crippen LogP contribution in [0.25, 0.3) is 22.3 Å². The van der Waals surface area contributed by atoms with Gasteiger partial charge in [0.2, 0.25) is 0 Å². The maximum atomic E-state index is 6.00. The van der Waals surface area contributed by atoms with Crippen molar-refractivity contribution in [2.45, 2.75) is 26.7 Å². The minimum Gasteiger partial charge on any atom is -0.526 e. The zero-order chi connectivity index (χ0) is 41.4. The van der Waals surface area contributed by atoms with Gasteiger partial charge in [0, 0.05) is 13.1 Å². The van der Waals surface area contributed by atoms with Crippen LogP contribution in [0.4, 0.5) is 0 Å². The van der Waals surface area contributed by atoms with Crippen LogP contribution in [0, 0.1) is 0 Å². The van der Waals surface area contributed by atoms with Crippen molar-refractivity contribution in [1.82, 2.24) is 9.80 Å². The van der Waals surface area contributed by atoms with Gasteiger partial charge < -0.3 is 28.6 Å². The molecule has 1 radical (unpaired) electrons. The summed E-state index contributed by atoms with van der Waals surface area (Å²) in [5.74, 6) is 3.09. The Kier molecular flexibility index (Phi) is 15.6. The SMILES string of the molecule is CCC(=C(c1ccc(O[B]Oc2ccc(C(=C(CC)c3ccccc3)c3ccc(OCCN(C)C)cc3)cc2)cc1)c1ccc(OCCN(C)C)cc1)c1ccccc1. The summed E-state index contributed by atoms with van der Waals surface area (Å²) in [5, 5.41) is 0. The van der Waals surface area contributed by atoms with E-state index in [0.29, 0.717) is 24.7 Å². The molecule has 0 aliphatic rings. The highest BCUT2D eigenvalue weighted by Gasteiger charge is 2.16. The van der Waals surface area contributed by atoms with Gasteiger partial charge in [0.15, 0.2) is 0 Å². The molecule has 0 atom stereocenters. The number of rotatable bonds is 20. The quantitative estimate of drug-likeness (QED) is 0.0568. The van der Waals surface area contributed by atoms with Crippen LogP contribution < -0.4 is 18.8 Å². The molecule has 0 unspecified atom stereocenters. The summed E-state index contributed by atoms with van der Waals surface area (Å²) in [6, 6.07) is 54.4. The summed E-state index contributed by atoms with van der Waals surface area (Å²) in [5.41, 5.74) is 11.8. The van der Waals surface area contributed by atoms with E-state index in [1.54, 1.807) is 0 Å². The maximum Gasteiger partial charge on any atom is 0.658 e. The van der Waals surface area contributed by atoms with Gasteiger partial charge in [-0.1, -0.05) is 123 Å². The van der Waals surface area contributed by atoms with E-state index >= 15 is 0 Å². The summed E-state index contributed by atoms with van der Waals surface area (Å²) in [4.78, 5) is 4.23. The molecule has 0 saturated carbocycles. The molecule has 0 aromatic heterocycles. The van der Waals surface area contributed by atoms with Crippen LogP contribution in [-0.4, -0.2) is 72.0 Å². The summed E-state index contributed by atoms with van der Waals surface area (Å²) in [6.07, 6.45) is 1.75. The molecule has 6 aromatic rings. The van der Waals surface area contributed by atoms with Gasteiger partial charge in [0.1, 0.15) is 36.2 Å². The fraction of sp³-hybridized carbons (Fsp3) is 0.231. The first kappa shape index (κ1) is 42.6. The molecule has 0 heterocycles. The second-order valence-electron chi connectivity index (χ2n) is 14.9. The lowest BCUT2D eigenvalue weighted by molar-refractivity contribution is 0.261. The lowest BCUT2D eigenvalue weighted by Crippen LogP contribution is -2.19. The third-order valence-corrected chi connectivity index (χ3v) is 10.1. The van der Waals surface area contributed by atoms with Gasteiger partial charge in [0.25, 0.3) is 0 Å². The van der Waals surface area contributed by atoms with E-state index in [2.05, 4.69) is 157 Å². The molecular formula is C52H56BN2O4. The van der Waals surface area contributed by atoms with Crippen molar-refractivity contribution in [1.29, 1.82) is 0 Å². The fourth-order valence-corrected chi connectivity index (χ4v) is 7.02. The highest BCUT2D eigenvalue weighted by Crippen LogP contribution is 2.37. The molecule has 0 fully saturated rings. The predicted molar refractivity (Wildman–Crippen MR) is 246 cm³/mol. The van der Waals surface area contributed by atoms with Gasteiger partial charge in [-0.25, -0.2) is 0 Å². The summed E-state index contributed by atoms with van der Waals surface area (Å²) in [6.45, 7) is 7.43. The summed E-state index contributed by atoms with van der Waals surface area (Å²) < 4.78 is 24.0. The number of hydrogen-bond donors (Lipinski definition) is 0. The van der Waals surface area contributed by atoms with Crippen LogP contribution >= 0.6 is 0 Å². The molecule has 0 N–H and O–H groups in total. The van der Waals surface area contributed by atoms with Crippen molar-refractivity contribution in [3.63, 3.8) is 0 Å². The Morgan fingerprint density at radius 2 is 0.695 bits per heavy atom. The van der Waals surface area contributed by atoms with E-state index < -0.39 is 0 Å². The molecule has 6 aromatic carbocycles. The van der Waals surface area contributed by atoms with E-state index in [1.165, 1.54) is 41.1 Å². The van der Waals surface area contributed by atoms with Crippen molar-refractivity contribution in [2.75, 3.05) is 54.5 Å². The molecule has 0 aliphatic carbocycles. The fourth-order valence-electron chi connectivity index (χ4n) is 7.02. The second-order valence-corrected chi connectivity index (χ2v) is 14.9. The van der Waals surface area contributed by atoms with Crippen molar-refractivity contribution in [3.8, 4) is 23.0 Å². The standard InChI is InChI=1S/C52H56BN2O4/c1-7-49(39-15-11-9-12-16-39)51(41-19-27-45(28-20-41)56-37-35-54(3)4)43-23-31-47(32-24-43)58-53-59-48-33-25-44(26-34-48)52(50(8-2)40-17-13-10-14-18-40)42-21-29-46(30-22-42)57-38-36-55(5)6/h9-34H,7-8,35-38H2,1-6H3. The third kappa shape index (κ3) is 12.0. The van der Waals surface area contributed by atoms with E-state index in [4.69, 9.17) is 18.8 Å². The van der Waals surface area contributed by atoms with Crippen LogP contribution in [0.2, 0.25) is 0 Å². The molecule has 6 nitrogen and oxygen atoms in total. The molecule has 6 rings (SSSR count). The smallest absolute Gasteiger partial charge is 0.526 e. The average molecular weight is 784 g/mol. The number of benzene rings is 6. The lowest BCUT2D eigenvalue weighted by Gasteiger charge is -2.18. The first-order valence-corrected chi connectivity index (χ1v) is 20.5. The molecule has 0 saturated heterocycles. The number of allylic oxidation sites excluding steroid dienone is 2. The van der Waals surface area contributed by atoms with E-state index in [-0.39, 0.29) is 0 Å². The van der Waals surface area contributed by atoms with Crippen molar-refractivity contribution >= 4 is 30.0 Å². The van der Waals surface area contributed by atoms with Gasteiger partial charge in [0.05, 0.1) is 0 Å². The Morgan fingerprint density at radius 3 is 0.983 bits per heavy atom.